The van der Waals surface area contributed by atoms with Crippen LogP contribution in [0.2, 0.25) is 0 Å². The molecule has 0 saturated heterocycles. The Morgan fingerprint density at radius 2 is 0.688 bits per heavy atom. The van der Waals surface area contributed by atoms with Gasteiger partial charge in [-0.05, 0) is 76.2 Å². The van der Waals surface area contributed by atoms with Gasteiger partial charge in [0, 0.05) is 51.0 Å². The van der Waals surface area contributed by atoms with E-state index in [2.05, 4.69) is 81.5 Å². The fraction of sp³-hybridized carbons (Fsp3) is 0.364. The molecule has 0 atom stereocenters. The molecule has 0 aliphatic heterocycles. The first-order valence-corrected chi connectivity index (χ1v) is 21.9. The number of rotatable bonds is 12. The predicted molar refractivity (Wildman–Crippen MR) is 259 cm³/mol. The van der Waals surface area contributed by atoms with Gasteiger partial charge in [0.2, 0.25) is 23.8 Å². The number of pyridine rings is 4. The van der Waals surface area contributed by atoms with Gasteiger partial charge in [0.25, 0.3) is 0 Å². The van der Waals surface area contributed by atoms with Crippen LogP contribution in [0.1, 0.15) is 83.1 Å². The Kier molecular flexibility index (Phi) is 29.7. The van der Waals surface area contributed by atoms with Gasteiger partial charge in [0.15, 0.2) is 23.3 Å². The van der Waals surface area contributed by atoms with E-state index in [-0.39, 0.29) is 0 Å². The minimum absolute atomic E-state index is 0.623. The van der Waals surface area contributed by atoms with E-state index in [0.717, 1.165) is 49.5 Å². The van der Waals surface area contributed by atoms with Crippen LogP contribution in [0.15, 0.2) is 123 Å². The number of aromatic nitrogens is 16. The lowest BCUT2D eigenvalue weighted by Crippen LogP contribution is -2.07. The fourth-order valence-corrected chi connectivity index (χ4v) is 4.54. The van der Waals surface area contributed by atoms with Crippen LogP contribution in [0, 0.1) is 0 Å². The molecule has 0 aliphatic rings. The lowest BCUT2D eigenvalue weighted by molar-refractivity contribution is 0.845. The summed E-state index contributed by atoms with van der Waals surface area (Å²) in [5.74, 6) is 5.74. The van der Waals surface area contributed by atoms with Crippen LogP contribution in [0.5, 0.6) is 0 Å². The number of hydrogen-bond acceptors (Lipinski definition) is 16. The quantitative estimate of drug-likeness (QED) is 0.0903. The highest BCUT2D eigenvalue weighted by molar-refractivity contribution is 5.35. The molecule has 8 aromatic heterocycles. The molecule has 0 aromatic carbocycles. The topological polar surface area (TPSA) is 223 Å². The average molecular weight is 877 g/mol. The summed E-state index contributed by atoms with van der Waals surface area (Å²) in [5, 5.41) is 28.8. The first-order valence-electron chi connectivity index (χ1n) is 21.9. The van der Waals surface area contributed by atoms with Crippen LogP contribution < -0.4 is 21.3 Å². The summed E-state index contributed by atoms with van der Waals surface area (Å²) in [5.41, 5.74) is 0. The van der Waals surface area contributed by atoms with Crippen molar-refractivity contribution in [2.45, 2.75) is 83.1 Å². The minimum atomic E-state index is 0.623. The second-order valence-electron chi connectivity index (χ2n) is 10.9. The van der Waals surface area contributed by atoms with Crippen molar-refractivity contribution in [3.05, 3.63) is 123 Å². The number of nitrogens with one attached hydrogen (secondary N) is 4. The van der Waals surface area contributed by atoms with Crippen molar-refractivity contribution in [3.63, 3.8) is 0 Å². The molecular weight excluding hydrogens is 809 g/mol. The molecule has 344 valence electrons. The smallest absolute Gasteiger partial charge is 0.242 e. The summed E-state index contributed by atoms with van der Waals surface area (Å²) in [6.07, 6.45) is 13.2. The van der Waals surface area contributed by atoms with Crippen molar-refractivity contribution >= 4 is 23.8 Å². The molecule has 0 spiro atoms. The third-order valence-electron chi connectivity index (χ3n) is 6.92. The fourth-order valence-electron chi connectivity index (χ4n) is 4.54. The van der Waals surface area contributed by atoms with E-state index >= 15 is 0 Å². The molecular formula is C44H68N20. The van der Waals surface area contributed by atoms with Gasteiger partial charge in [-0.25, -0.2) is 39.3 Å². The van der Waals surface area contributed by atoms with E-state index in [1.54, 1.807) is 56.2 Å². The third kappa shape index (κ3) is 19.0. The van der Waals surface area contributed by atoms with E-state index < -0.39 is 0 Å². The standard InChI is InChI=1S/4C9H11N5.4C2H6/c2*1-2-10-9-12-7-14(13-9)8-5-3-4-6-11-8;2*1-2-10-9-12-7-13-14(9)8-5-3-4-6-11-8;4*1-2/h2*3-7H,2H2,1H3,(H,10,13);2*3-7H,2H2,1H3,(H,10,12,13);4*1-2H3. The van der Waals surface area contributed by atoms with Crippen molar-refractivity contribution in [2.75, 3.05) is 47.4 Å². The van der Waals surface area contributed by atoms with Gasteiger partial charge >= 0.3 is 0 Å². The number of hydrogen-bond donors (Lipinski definition) is 4. The summed E-state index contributed by atoms with van der Waals surface area (Å²) >= 11 is 0. The van der Waals surface area contributed by atoms with E-state index in [9.17, 15) is 0 Å². The summed E-state index contributed by atoms with van der Waals surface area (Å²) in [7, 11) is 0. The Bertz CT molecular complexity index is 2060. The highest BCUT2D eigenvalue weighted by Gasteiger charge is 2.06. The largest absolute Gasteiger partial charge is 0.354 e. The molecule has 0 amide bonds. The van der Waals surface area contributed by atoms with E-state index in [4.69, 9.17) is 0 Å². The number of nitrogens with zero attached hydrogens (tertiary/aromatic N) is 16. The molecule has 64 heavy (non-hydrogen) atoms. The van der Waals surface area contributed by atoms with Crippen molar-refractivity contribution in [2.24, 2.45) is 0 Å². The van der Waals surface area contributed by atoms with E-state index in [0.29, 0.717) is 23.8 Å². The summed E-state index contributed by atoms with van der Waals surface area (Å²) < 4.78 is 6.61. The second-order valence-corrected chi connectivity index (χ2v) is 10.9. The molecule has 8 aromatic rings. The Morgan fingerprint density at radius 1 is 0.375 bits per heavy atom. The van der Waals surface area contributed by atoms with Crippen LogP contribution in [0.3, 0.4) is 0 Å². The van der Waals surface area contributed by atoms with Gasteiger partial charge in [-0.2, -0.15) is 29.5 Å². The molecule has 4 N–H and O–H groups in total. The molecule has 20 heteroatoms. The van der Waals surface area contributed by atoms with Crippen molar-refractivity contribution in [3.8, 4) is 23.3 Å². The zero-order chi connectivity index (χ0) is 47.2. The molecule has 0 fully saturated rings. The van der Waals surface area contributed by atoms with Gasteiger partial charge < -0.3 is 21.3 Å². The van der Waals surface area contributed by atoms with Crippen LogP contribution >= 0.6 is 0 Å². The lowest BCUT2D eigenvalue weighted by Gasteiger charge is -2.04. The summed E-state index contributed by atoms with van der Waals surface area (Å²) in [4.78, 5) is 33.0. The maximum Gasteiger partial charge on any atom is 0.242 e. The van der Waals surface area contributed by atoms with Crippen LogP contribution in [0.25, 0.3) is 23.3 Å². The van der Waals surface area contributed by atoms with Crippen molar-refractivity contribution in [1.82, 2.24) is 79.0 Å². The highest BCUT2D eigenvalue weighted by atomic mass is 15.4. The zero-order valence-corrected chi connectivity index (χ0v) is 39.5. The van der Waals surface area contributed by atoms with Gasteiger partial charge in [0.1, 0.15) is 25.3 Å². The van der Waals surface area contributed by atoms with Crippen molar-refractivity contribution < 1.29 is 0 Å². The van der Waals surface area contributed by atoms with Crippen molar-refractivity contribution in [1.29, 1.82) is 0 Å². The third-order valence-corrected chi connectivity index (χ3v) is 6.92. The SMILES string of the molecule is CC.CC.CC.CC.CCNc1ncn(-c2ccccn2)n1.CCNc1ncn(-c2ccccn2)n1.CCNc1ncnn1-c1ccccn1.CCNc1ncnn1-c1ccccn1. The molecule has 8 heterocycles. The summed E-state index contributed by atoms with van der Waals surface area (Å²) in [6.45, 7) is 27.3. The minimum Gasteiger partial charge on any atom is -0.354 e. The first-order chi connectivity index (χ1) is 31.6. The van der Waals surface area contributed by atoms with Gasteiger partial charge in [-0.1, -0.05) is 79.7 Å². The average Bonchev–Trinajstić information content (AvgIpc) is 4.24. The normalized spacial score (nSPS) is 9.19. The Labute approximate surface area is 378 Å². The summed E-state index contributed by atoms with van der Waals surface area (Å²) in [6, 6.07) is 22.7. The van der Waals surface area contributed by atoms with E-state index in [1.165, 1.54) is 12.7 Å². The highest BCUT2D eigenvalue weighted by Crippen LogP contribution is 2.09. The molecule has 0 bridgehead atoms. The van der Waals surface area contributed by atoms with Crippen LogP contribution in [0.4, 0.5) is 23.8 Å². The number of anilines is 4. The Morgan fingerprint density at radius 3 is 0.969 bits per heavy atom. The first kappa shape index (κ1) is 54.4. The maximum absolute atomic E-state index is 4.20. The monoisotopic (exact) mass is 877 g/mol. The molecule has 0 saturated carbocycles. The molecule has 20 nitrogen and oxygen atoms in total. The maximum atomic E-state index is 4.20. The van der Waals surface area contributed by atoms with Gasteiger partial charge in [-0.15, -0.1) is 10.2 Å². The second kappa shape index (κ2) is 35.0. The molecule has 0 radical (unpaired) electrons. The lowest BCUT2D eigenvalue weighted by atomic mass is 10.5. The van der Waals surface area contributed by atoms with Crippen LogP contribution in [-0.2, 0) is 0 Å². The van der Waals surface area contributed by atoms with Gasteiger partial charge in [0.05, 0.1) is 0 Å². The Balaban J connectivity index is 0.000000405. The van der Waals surface area contributed by atoms with Gasteiger partial charge in [-0.3, -0.25) is 0 Å². The predicted octanol–water partition coefficient (Wildman–Crippen LogP) is 8.48. The molecule has 8 rings (SSSR count). The molecule has 0 aliphatic carbocycles. The Hall–Kier alpha value is -7.64. The van der Waals surface area contributed by atoms with E-state index in [1.807, 2.05) is 156 Å². The zero-order valence-electron chi connectivity index (χ0n) is 39.5. The van der Waals surface area contributed by atoms with Crippen LogP contribution in [-0.4, -0.2) is 105 Å². The molecule has 0 unspecified atom stereocenters.